The van der Waals surface area contributed by atoms with Gasteiger partial charge in [0, 0.05) is 51.4 Å². The van der Waals surface area contributed by atoms with Crippen molar-refractivity contribution in [3.8, 4) is 0 Å². The van der Waals surface area contributed by atoms with E-state index in [1.165, 1.54) is 17.5 Å². The van der Waals surface area contributed by atoms with Gasteiger partial charge in [0.25, 0.3) is 0 Å². The zero-order valence-corrected chi connectivity index (χ0v) is 13.2. The van der Waals surface area contributed by atoms with E-state index in [-0.39, 0.29) is 0 Å². The van der Waals surface area contributed by atoms with Gasteiger partial charge in [0.2, 0.25) is 0 Å². The molecule has 0 saturated carbocycles. The first-order valence-electron chi connectivity index (χ1n) is 7.74. The van der Waals surface area contributed by atoms with Crippen molar-refractivity contribution >= 4 is 5.96 Å². The van der Waals surface area contributed by atoms with Crippen molar-refractivity contribution in [1.29, 1.82) is 0 Å². The first-order chi connectivity index (χ1) is 10.8. The molecule has 1 aromatic carbocycles. The largest absolute Gasteiger partial charge is 0.352 e. The average Bonchev–Trinajstić information content (AvgIpc) is 3.18. The molecule has 1 unspecified atom stereocenters. The van der Waals surface area contributed by atoms with Gasteiger partial charge in [-0.25, -0.2) is 0 Å². The summed E-state index contributed by atoms with van der Waals surface area (Å²) in [7, 11) is 3.78. The van der Waals surface area contributed by atoms with Crippen LogP contribution >= 0.6 is 0 Å². The molecule has 5 heteroatoms. The topological polar surface area (TPSA) is 45.5 Å². The number of hydrogen-bond donors (Lipinski definition) is 1. The Morgan fingerprint density at radius 2 is 2.18 bits per heavy atom. The second-order valence-corrected chi connectivity index (χ2v) is 5.77. The Bertz CT molecular complexity index is 632. The highest BCUT2D eigenvalue weighted by atomic mass is 15.3. The van der Waals surface area contributed by atoms with Crippen molar-refractivity contribution in [2.24, 2.45) is 12.0 Å². The number of aliphatic imine (C=N–C) groups is 1. The van der Waals surface area contributed by atoms with Crippen LogP contribution in [0.2, 0.25) is 0 Å². The molecule has 22 heavy (non-hydrogen) atoms. The maximum atomic E-state index is 4.42. The van der Waals surface area contributed by atoms with E-state index in [0.717, 1.165) is 25.6 Å². The molecule has 1 atom stereocenters. The number of aromatic nitrogens is 2. The predicted molar refractivity (Wildman–Crippen MR) is 88.8 cm³/mol. The molecule has 2 aromatic rings. The van der Waals surface area contributed by atoms with Crippen LogP contribution in [0.3, 0.4) is 0 Å². The lowest BCUT2D eigenvalue weighted by Crippen LogP contribution is -2.39. The van der Waals surface area contributed by atoms with Gasteiger partial charge in [-0.15, -0.1) is 0 Å². The van der Waals surface area contributed by atoms with E-state index >= 15 is 0 Å². The number of nitrogens with one attached hydrogen (secondary N) is 1. The molecule has 1 aliphatic rings. The fourth-order valence-electron chi connectivity index (χ4n) is 3.03. The lowest BCUT2D eigenvalue weighted by atomic mass is 9.99. The molecule has 0 spiro atoms. The summed E-state index contributed by atoms with van der Waals surface area (Å²) < 4.78 is 1.82. The van der Waals surface area contributed by atoms with Gasteiger partial charge in [-0.2, -0.15) is 5.10 Å². The Morgan fingerprint density at radius 1 is 1.36 bits per heavy atom. The number of hydrogen-bond acceptors (Lipinski definition) is 2. The molecule has 1 fully saturated rings. The van der Waals surface area contributed by atoms with Crippen LogP contribution in [0.25, 0.3) is 0 Å². The van der Waals surface area contributed by atoms with E-state index in [9.17, 15) is 0 Å². The Hall–Kier alpha value is -2.30. The van der Waals surface area contributed by atoms with E-state index in [1.54, 1.807) is 0 Å². The van der Waals surface area contributed by atoms with Crippen LogP contribution in [0, 0.1) is 0 Å². The fraction of sp³-hybridized carbons (Fsp3) is 0.412. The van der Waals surface area contributed by atoms with Crippen molar-refractivity contribution < 1.29 is 0 Å². The third-order valence-corrected chi connectivity index (χ3v) is 4.18. The molecule has 116 valence electrons. The number of rotatable bonds is 3. The van der Waals surface area contributed by atoms with Gasteiger partial charge in [0.1, 0.15) is 0 Å². The second-order valence-electron chi connectivity index (χ2n) is 5.77. The lowest BCUT2D eigenvalue weighted by Gasteiger charge is -2.21. The fourth-order valence-corrected chi connectivity index (χ4v) is 3.03. The minimum Gasteiger partial charge on any atom is -0.352 e. The van der Waals surface area contributed by atoms with Gasteiger partial charge < -0.3 is 10.2 Å². The van der Waals surface area contributed by atoms with E-state index in [4.69, 9.17) is 0 Å². The maximum Gasteiger partial charge on any atom is 0.193 e. The summed E-state index contributed by atoms with van der Waals surface area (Å²) in [6.45, 7) is 2.83. The standard InChI is InChI=1S/C17H23N5/c1-18-17(19-10-14-11-20-21(2)12-14)22-9-8-16(13-22)15-6-4-3-5-7-15/h3-7,11-12,16H,8-10,13H2,1-2H3,(H,18,19). The summed E-state index contributed by atoms with van der Waals surface area (Å²) in [4.78, 5) is 6.77. The number of nitrogens with zero attached hydrogens (tertiary/aromatic N) is 4. The summed E-state index contributed by atoms with van der Waals surface area (Å²) in [6, 6.07) is 10.8. The summed E-state index contributed by atoms with van der Waals surface area (Å²) in [5, 5.41) is 7.63. The monoisotopic (exact) mass is 297 g/mol. The number of guanidine groups is 1. The van der Waals surface area contributed by atoms with Crippen molar-refractivity contribution in [1.82, 2.24) is 20.0 Å². The summed E-state index contributed by atoms with van der Waals surface area (Å²) in [5.74, 6) is 1.57. The van der Waals surface area contributed by atoms with Crippen molar-refractivity contribution in [3.05, 3.63) is 53.9 Å². The van der Waals surface area contributed by atoms with Crippen LogP contribution < -0.4 is 5.32 Å². The van der Waals surface area contributed by atoms with E-state index in [2.05, 4.69) is 50.6 Å². The Morgan fingerprint density at radius 3 is 2.86 bits per heavy atom. The predicted octanol–water partition coefficient (Wildman–Crippen LogP) is 1.98. The van der Waals surface area contributed by atoms with E-state index in [1.807, 2.05) is 31.2 Å². The molecule has 1 N–H and O–H groups in total. The maximum absolute atomic E-state index is 4.42. The third-order valence-electron chi connectivity index (χ3n) is 4.18. The third kappa shape index (κ3) is 3.30. The van der Waals surface area contributed by atoms with Gasteiger partial charge >= 0.3 is 0 Å². The van der Waals surface area contributed by atoms with Crippen molar-refractivity contribution in [2.45, 2.75) is 18.9 Å². The summed E-state index contributed by atoms with van der Waals surface area (Å²) in [5.41, 5.74) is 2.59. The second kappa shape index (κ2) is 6.64. The highest BCUT2D eigenvalue weighted by Crippen LogP contribution is 2.26. The highest BCUT2D eigenvalue weighted by molar-refractivity contribution is 5.80. The quantitative estimate of drug-likeness (QED) is 0.696. The SMILES string of the molecule is CN=C(NCc1cnn(C)c1)N1CCC(c2ccccc2)C1. The molecule has 0 aliphatic carbocycles. The van der Waals surface area contributed by atoms with Crippen LogP contribution in [0.5, 0.6) is 0 Å². The molecular formula is C17H23N5. The van der Waals surface area contributed by atoms with Crippen LogP contribution in [0.1, 0.15) is 23.5 Å². The molecule has 3 rings (SSSR count). The van der Waals surface area contributed by atoms with Crippen LogP contribution in [-0.4, -0.2) is 40.8 Å². The Balaban J connectivity index is 1.58. The first kappa shape index (κ1) is 14.6. The first-order valence-corrected chi connectivity index (χ1v) is 7.74. The molecule has 1 saturated heterocycles. The minimum atomic E-state index is 0.596. The van der Waals surface area contributed by atoms with Gasteiger partial charge in [-0.1, -0.05) is 30.3 Å². The summed E-state index contributed by atoms with van der Waals surface area (Å²) in [6.07, 6.45) is 5.09. The molecular weight excluding hydrogens is 274 g/mol. The van der Waals surface area contributed by atoms with Gasteiger partial charge in [-0.3, -0.25) is 9.67 Å². The van der Waals surface area contributed by atoms with Gasteiger partial charge in [0.05, 0.1) is 6.20 Å². The zero-order chi connectivity index (χ0) is 15.4. The zero-order valence-electron chi connectivity index (χ0n) is 13.2. The molecule has 5 nitrogen and oxygen atoms in total. The van der Waals surface area contributed by atoms with E-state index in [0.29, 0.717) is 5.92 Å². The Labute approximate surface area is 131 Å². The van der Waals surface area contributed by atoms with Crippen molar-refractivity contribution in [3.63, 3.8) is 0 Å². The smallest absolute Gasteiger partial charge is 0.193 e. The van der Waals surface area contributed by atoms with Gasteiger partial charge in [0.15, 0.2) is 5.96 Å². The van der Waals surface area contributed by atoms with Crippen LogP contribution in [0.15, 0.2) is 47.7 Å². The highest BCUT2D eigenvalue weighted by Gasteiger charge is 2.25. The molecule has 0 bridgehead atoms. The van der Waals surface area contributed by atoms with Crippen LogP contribution in [-0.2, 0) is 13.6 Å². The van der Waals surface area contributed by atoms with Gasteiger partial charge in [-0.05, 0) is 12.0 Å². The Kier molecular flexibility index (Phi) is 4.42. The molecule has 2 heterocycles. The average molecular weight is 297 g/mol. The molecule has 0 radical (unpaired) electrons. The van der Waals surface area contributed by atoms with Crippen LogP contribution in [0.4, 0.5) is 0 Å². The number of aryl methyl sites for hydroxylation is 1. The summed E-state index contributed by atoms with van der Waals surface area (Å²) >= 11 is 0. The van der Waals surface area contributed by atoms with Crippen molar-refractivity contribution in [2.75, 3.05) is 20.1 Å². The normalized spacial score (nSPS) is 18.7. The number of benzene rings is 1. The molecule has 1 aromatic heterocycles. The van der Waals surface area contributed by atoms with E-state index < -0.39 is 0 Å². The number of likely N-dealkylation sites (tertiary alicyclic amines) is 1. The molecule has 1 aliphatic heterocycles. The molecule has 0 amide bonds. The minimum absolute atomic E-state index is 0.596. The lowest BCUT2D eigenvalue weighted by molar-refractivity contribution is 0.486.